The van der Waals surface area contributed by atoms with Crippen molar-refractivity contribution in [2.45, 2.75) is 19.4 Å². The number of imidazole rings is 1. The zero-order chi connectivity index (χ0) is 21.5. The molecule has 2 aromatic heterocycles. The third-order valence-corrected chi connectivity index (χ3v) is 4.09. The van der Waals surface area contributed by atoms with Crippen molar-refractivity contribution >= 4 is 40.7 Å². The maximum atomic E-state index is 12.5. The second kappa shape index (κ2) is 9.45. The van der Waals surface area contributed by atoms with Gasteiger partial charge in [0.1, 0.15) is 11.6 Å². The number of ether oxygens (including phenoxy) is 1. The van der Waals surface area contributed by atoms with Crippen molar-refractivity contribution in [3.8, 4) is 0 Å². The lowest BCUT2D eigenvalue weighted by atomic mass is 10.1. The molecule has 0 aliphatic heterocycles. The summed E-state index contributed by atoms with van der Waals surface area (Å²) in [4.78, 5) is 51.0. The number of benzene rings is 1. The van der Waals surface area contributed by atoms with Gasteiger partial charge in [0.15, 0.2) is 11.5 Å². The van der Waals surface area contributed by atoms with Crippen LogP contribution in [0.15, 0.2) is 36.7 Å². The van der Waals surface area contributed by atoms with Crippen LogP contribution in [0.4, 0.5) is 11.8 Å². The number of fused-ring (bicyclic) bond motifs is 1. The number of nitrogens with zero attached hydrogens (tertiary/aromatic N) is 3. The van der Waals surface area contributed by atoms with Crippen LogP contribution in [-0.4, -0.2) is 57.4 Å². The van der Waals surface area contributed by atoms with Crippen LogP contribution in [0.1, 0.15) is 12.5 Å². The molecule has 1 atom stereocenters. The smallest absolute Gasteiger partial charge is 0.328 e. The Balaban J connectivity index is 1.68. The highest BCUT2D eigenvalue weighted by Crippen LogP contribution is 2.18. The Bertz CT molecular complexity index is 1050. The van der Waals surface area contributed by atoms with Gasteiger partial charge in [0.25, 0.3) is 0 Å². The number of esters is 1. The predicted octanol–water partition coefficient (Wildman–Crippen LogP) is 0.624. The molecule has 3 rings (SSSR count). The van der Waals surface area contributed by atoms with Crippen LogP contribution in [0.3, 0.4) is 0 Å². The van der Waals surface area contributed by atoms with E-state index in [0.717, 1.165) is 5.56 Å². The minimum atomic E-state index is -0.834. The van der Waals surface area contributed by atoms with Gasteiger partial charge in [-0.25, -0.2) is 9.78 Å². The first kappa shape index (κ1) is 20.7. The average molecular weight is 411 g/mol. The first-order valence-electron chi connectivity index (χ1n) is 9.10. The van der Waals surface area contributed by atoms with Gasteiger partial charge >= 0.3 is 5.97 Å². The van der Waals surface area contributed by atoms with Crippen molar-refractivity contribution < 1.29 is 19.1 Å². The minimum absolute atomic E-state index is 0.0570. The largest absolute Gasteiger partial charge is 0.467 e. The Morgan fingerprint density at radius 3 is 2.63 bits per heavy atom. The Morgan fingerprint density at radius 1 is 1.17 bits per heavy atom. The monoisotopic (exact) mass is 411 g/mol. The quantitative estimate of drug-likeness (QED) is 0.394. The summed E-state index contributed by atoms with van der Waals surface area (Å²) in [6.45, 7) is 1.16. The topological polar surface area (TPSA) is 151 Å². The predicted molar refractivity (Wildman–Crippen MR) is 109 cm³/mol. The van der Waals surface area contributed by atoms with E-state index >= 15 is 0 Å². The van der Waals surface area contributed by atoms with E-state index in [-0.39, 0.29) is 24.2 Å². The van der Waals surface area contributed by atoms with Gasteiger partial charge < -0.3 is 20.4 Å². The van der Waals surface area contributed by atoms with Gasteiger partial charge in [-0.1, -0.05) is 30.3 Å². The third-order valence-electron chi connectivity index (χ3n) is 4.09. The molecule has 0 saturated heterocycles. The molecule has 2 heterocycles. The molecular formula is C19H21N7O4. The van der Waals surface area contributed by atoms with E-state index in [1.165, 1.54) is 20.4 Å². The van der Waals surface area contributed by atoms with E-state index in [4.69, 9.17) is 4.74 Å². The number of carbonyl (C=O) groups is 3. The number of rotatable bonds is 8. The average Bonchev–Trinajstić information content (AvgIpc) is 3.20. The molecule has 156 valence electrons. The van der Waals surface area contributed by atoms with Crippen molar-refractivity contribution in [3.63, 3.8) is 0 Å². The Morgan fingerprint density at radius 2 is 1.93 bits per heavy atom. The highest BCUT2D eigenvalue weighted by molar-refractivity contribution is 5.91. The van der Waals surface area contributed by atoms with E-state index in [0.29, 0.717) is 17.6 Å². The molecule has 11 nitrogen and oxygen atoms in total. The maximum absolute atomic E-state index is 12.5. The zero-order valence-corrected chi connectivity index (χ0v) is 16.4. The minimum Gasteiger partial charge on any atom is -0.467 e. The summed E-state index contributed by atoms with van der Waals surface area (Å²) < 4.78 is 4.80. The lowest BCUT2D eigenvalue weighted by Gasteiger charge is -2.17. The summed E-state index contributed by atoms with van der Waals surface area (Å²) in [6, 6.07) is 8.46. The van der Waals surface area contributed by atoms with Gasteiger partial charge in [0.2, 0.25) is 17.8 Å². The number of anilines is 2. The summed E-state index contributed by atoms with van der Waals surface area (Å²) in [5.74, 6) is -0.974. The van der Waals surface area contributed by atoms with Gasteiger partial charge in [-0.15, -0.1) is 0 Å². The molecule has 0 saturated carbocycles. The van der Waals surface area contributed by atoms with Crippen molar-refractivity contribution in [3.05, 3.63) is 42.2 Å². The third kappa shape index (κ3) is 5.28. The van der Waals surface area contributed by atoms with E-state index in [9.17, 15) is 14.4 Å². The van der Waals surface area contributed by atoms with E-state index in [2.05, 4.69) is 35.9 Å². The summed E-state index contributed by atoms with van der Waals surface area (Å²) in [5, 5.41) is 8.02. The van der Waals surface area contributed by atoms with Gasteiger partial charge in [-0.05, 0) is 5.56 Å². The molecule has 0 aliphatic rings. The molecule has 3 aromatic rings. The molecule has 30 heavy (non-hydrogen) atoms. The highest BCUT2D eigenvalue weighted by atomic mass is 16.5. The van der Waals surface area contributed by atoms with Crippen LogP contribution in [0.25, 0.3) is 11.2 Å². The van der Waals surface area contributed by atoms with Crippen LogP contribution in [-0.2, 0) is 25.5 Å². The summed E-state index contributed by atoms with van der Waals surface area (Å²) in [5.41, 5.74) is 1.69. The first-order valence-corrected chi connectivity index (χ1v) is 9.10. The Labute approximate surface area is 171 Å². The summed E-state index contributed by atoms with van der Waals surface area (Å²) in [7, 11) is 1.27. The highest BCUT2D eigenvalue weighted by Gasteiger charge is 2.22. The lowest BCUT2D eigenvalue weighted by molar-refractivity contribution is -0.144. The van der Waals surface area contributed by atoms with Crippen molar-refractivity contribution in [1.82, 2.24) is 25.3 Å². The SMILES string of the molecule is COC(=O)[C@H](Cc1ccccc1)NC(=O)CNc1nc(NC(C)=O)nc2nc[nH]c12. The Kier molecular flexibility index (Phi) is 6.53. The number of aromatic nitrogens is 4. The first-order chi connectivity index (χ1) is 14.5. The fourth-order valence-corrected chi connectivity index (χ4v) is 2.77. The standard InChI is InChI=1S/C19H21N7O4/c1-11(27)23-19-25-16(15-17(26-19)22-10-21-15)20-9-14(28)24-13(18(29)30-2)8-12-6-4-3-5-7-12/h3-7,10,13H,8-9H2,1-2H3,(H,24,28)(H3,20,21,22,23,25,26,27)/t13-/m0/s1. The molecule has 4 N–H and O–H groups in total. The van der Waals surface area contributed by atoms with Crippen molar-refractivity contribution in [2.75, 3.05) is 24.3 Å². The number of aromatic amines is 1. The molecule has 0 radical (unpaired) electrons. The zero-order valence-electron chi connectivity index (χ0n) is 16.4. The van der Waals surface area contributed by atoms with Crippen LogP contribution in [0.5, 0.6) is 0 Å². The maximum Gasteiger partial charge on any atom is 0.328 e. The fourth-order valence-electron chi connectivity index (χ4n) is 2.77. The molecule has 0 aliphatic carbocycles. The normalized spacial score (nSPS) is 11.5. The lowest BCUT2D eigenvalue weighted by Crippen LogP contribution is -2.45. The molecule has 1 aromatic carbocycles. The van der Waals surface area contributed by atoms with Crippen LogP contribution in [0.2, 0.25) is 0 Å². The summed E-state index contributed by atoms with van der Waals surface area (Å²) in [6.07, 6.45) is 1.72. The molecule has 0 fully saturated rings. The van der Waals surface area contributed by atoms with E-state index < -0.39 is 17.9 Å². The second-order valence-electron chi connectivity index (χ2n) is 6.36. The molecule has 0 unspecified atom stereocenters. The van der Waals surface area contributed by atoms with Gasteiger partial charge in [-0.3, -0.25) is 14.9 Å². The van der Waals surface area contributed by atoms with Crippen LogP contribution < -0.4 is 16.0 Å². The molecule has 2 amide bonds. The van der Waals surface area contributed by atoms with Crippen molar-refractivity contribution in [2.24, 2.45) is 0 Å². The number of nitrogens with one attached hydrogen (secondary N) is 4. The van der Waals surface area contributed by atoms with E-state index in [1.807, 2.05) is 30.3 Å². The molecular weight excluding hydrogens is 390 g/mol. The molecule has 11 heteroatoms. The number of amides is 2. The van der Waals surface area contributed by atoms with Crippen molar-refractivity contribution in [1.29, 1.82) is 0 Å². The van der Waals surface area contributed by atoms with Gasteiger partial charge in [-0.2, -0.15) is 9.97 Å². The molecule has 0 bridgehead atoms. The van der Waals surface area contributed by atoms with Crippen LogP contribution in [0, 0.1) is 0 Å². The van der Waals surface area contributed by atoms with Gasteiger partial charge in [0.05, 0.1) is 20.0 Å². The number of hydrogen-bond acceptors (Lipinski definition) is 8. The van der Waals surface area contributed by atoms with Crippen LogP contribution >= 0.6 is 0 Å². The number of H-pyrrole nitrogens is 1. The molecule has 0 spiro atoms. The Hall–Kier alpha value is -4.02. The number of hydrogen-bond donors (Lipinski definition) is 4. The van der Waals surface area contributed by atoms with Gasteiger partial charge in [0, 0.05) is 13.3 Å². The fraction of sp³-hybridized carbons (Fsp3) is 0.263. The number of carbonyl (C=O) groups excluding carboxylic acids is 3. The number of methoxy groups -OCH3 is 1. The van der Waals surface area contributed by atoms with E-state index in [1.54, 1.807) is 0 Å². The summed E-state index contributed by atoms with van der Waals surface area (Å²) >= 11 is 0. The second-order valence-corrected chi connectivity index (χ2v) is 6.36.